The number of rotatable bonds is 7. The van der Waals surface area contributed by atoms with Gasteiger partial charge in [-0.25, -0.2) is 4.98 Å². The van der Waals surface area contributed by atoms with E-state index in [1.165, 1.54) is 5.56 Å². The highest BCUT2D eigenvalue weighted by Crippen LogP contribution is 2.37. The zero-order valence-electron chi connectivity index (χ0n) is 21.4. The smallest absolute Gasteiger partial charge is 0.275 e. The predicted octanol–water partition coefficient (Wildman–Crippen LogP) is 4.22. The molecule has 4 rings (SSSR count). The Balaban J connectivity index is 1.48. The molecule has 0 aromatic carbocycles. The average molecular weight is 494 g/mol. The molecule has 2 N–H and O–H groups in total. The number of hydrogen-bond acceptors (Lipinski definition) is 7. The van der Waals surface area contributed by atoms with Crippen molar-refractivity contribution in [3.63, 3.8) is 0 Å². The highest BCUT2D eigenvalue weighted by Gasteiger charge is 2.37. The van der Waals surface area contributed by atoms with E-state index >= 15 is 0 Å². The molecule has 0 spiro atoms. The van der Waals surface area contributed by atoms with Gasteiger partial charge in [-0.2, -0.15) is 0 Å². The third-order valence-corrected chi connectivity index (χ3v) is 11.5. The molecule has 4 heterocycles. The molecule has 0 saturated carbocycles. The molecule has 0 saturated heterocycles. The fraction of sp³-hybridized carbons (Fsp3) is 0.480. The van der Waals surface area contributed by atoms with E-state index in [1.807, 2.05) is 22.8 Å². The van der Waals surface area contributed by atoms with Gasteiger partial charge in [-0.1, -0.05) is 26.8 Å². The van der Waals surface area contributed by atoms with Crippen LogP contribution in [0, 0.1) is 0 Å². The third-order valence-electron chi connectivity index (χ3n) is 6.96. The van der Waals surface area contributed by atoms with E-state index in [0.717, 1.165) is 25.1 Å². The van der Waals surface area contributed by atoms with Gasteiger partial charge in [0.05, 0.1) is 12.6 Å². The van der Waals surface area contributed by atoms with Gasteiger partial charge in [-0.15, -0.1) is 10.2 Å². The lowest BCUT2D eigenvalue weighted by Crippen LogP contribution is -2.42. The summed E-state index contributed by atoms with van der Waals surface area (Å²) in [6.45, 7) is 15.5. The first-order chi connectivity index (χ1) is 16.5. The molecule has 9 nitrogen and oxygen atoms in total. The van der Waals surface area contributed by atoms with Gasteiger partial charge in [0.1, 0.15) is 23.5 Å². The molecule has 0 radical (unpaired) electrons. The molecular weight excluding hydrogens is 458 g/mol. The molecule has 186 valence electrons. The van der Waals surface area contributed by atoms with Crippen molar-refractivity contribution < 1.29 is 9.22 Å². The topological polar surface area (TPSA) is 107 Å². The molecular formula is C25H35N7O2Si. The zero-order chi connectivity index (χ0) is 25.2. The minimum absolute atomic E-state index is 0.0301. The van der Waals surface area contributed by atoms with Gasteiger partial charge in [0.2, 0.25) is 0 Å². The Morgan fingerprint density at radius 3 is 2.86 bits per heavy atom. The molecule has 1 amide bonds. The van der Waals surface area contributed by atoms with Gasteiger partial charge >= 0.3 is 0 Å². The van der Waals surface area contributed by atoms with E-state index in [9.17, 15) is 4.79 Å². The standard InChI is InChI=1S/C25H35N7O2Si/c1-17(15-34-35(5,6)25(2,3)4)32-16-28-31-23(32)20-8-7-9-22(29-20)30-24(33)21-12-19-13-26-11-10-18(19)14-27-21/h7-9,12,14,16-17,26H,10-11,13,15H2,1-6H3,(H,29,30,33)/t17-/m1/s1. The van der Waals surface area contributed by atoms with Crippen molar-refractivity contribution in [2.75, 3.05) is 18.5 Å². The van der Waals surface area contributed by atoms with Crippen molar-refractivity contribution >= 4 is 20.0 Å². The Hall–Kier alpha value is -2.95. The second-order valence-corrected chi connectivity index (χ2v) is 15.4. The number of nitrogens with zero attached hydrogens (tertiary/aromatic N) is 5. The molecule has 1 aliphatic heterocycles. The first-order valence-electron chi connectivity index (χ1n) is 12.1. The zero-order valence-corrected chi connectivity index (χ0v) is 22.4. The fourth-order valence-electron chi connectivity index (χ4n) is 3.67. The van der Waals surface area contributed by atoms with Crippen LogP contribution in [0.2, 0.25) is 18.1 Å². The summed E-state index contributed by atoms with van der Waals surface area (Å²) in [5.74, 6) is 0.774. The maximum absolute atomic E-state index is 12.9. The molecule has 1 aliphatic rings. The normalized spacial score (nSPS) is 14.9. The lowest BCUT2D eigenvalue weighted by Gasteiger charge is -2.37. The Morgan fingerprint density at radius 1 is 1.29 bits per heavy atom. The van der Waals surface area contributed by atoms with Gasteiger partial charge in [0, 0.05) is 12.7 Å². The number of aromatic nitrogens is 5. The van der Waals surface area contributed by atoms with Crippen molar-refractivity contribution in [1.29, 1.82) is 0 Å². The molecule has 0 bridgehead atoms. The van der Waals surface area contributed by atoms with Gasteiger partial charge in [0.25, 0.3) is 5.91 Å². The average Bonchev–Trinajstić information content (AvgIpc) is 3.32. The summed E-state index contributed by atoms with van der Waals surface area (Å²) in [6.07, 6.45) is 4.42. The van der Waals surface area contributed by atoms with E-state index in [-0.39, 0.29) is 17.0 Å². The summed E-state index contributed by atoms with van der Waals surface area (Å²) >= 11 is 0. The van der Waals surface area contributed by atoms with E-state index in [1.54, 1.807) is 18.6 Å². The van der Waals surface area contributed by atoms with Crippen molar-refractivity contribution in [2.24, 2.45) is 0 Å². The Morgan fingerprint density at radius 2 is 2.09 bits per heavy atom. The summed E-state index contributed by atoms with van der Waals surface area (Å²) in [5, 5.41) is 14.8. The van der Waals surface area contributed by atoms with E-state index in [4.69, 9.17) is 4.43 Å². The quantitative estimate of drug-likeness (QED) is 0.475. The highest BCUT2D eigenvalue weighted by atomic mass is 28.4. The van der Waals surface area contributed by atoms with E-state index in [2.05, 4.69) is 71.6 Å². The minimum Gasteiger partial charge on any atom is -0.415 e. The first-order valence-corrected chi connectivity index (χ1v) is 15.0. The molecule has 0 aliphatic carbocycles. The summed E-state index contributed by atoms with van der Waals surface area (Å²) in [7, 11) is -1.87. The number of nitrogens with one attached hydrogen (secondary N) is 2. The number of fused-ring (bicyclic) bond motifs is 1. The Labute approximate surface area is 207 Å². The van der Waals surface area contributed by atoms with Gasteiger partial charge < -0.3 is 19.6 Å². The maximum Gasteiger partial charge on any atom is 0.275 e. The van der Waals surface area contributed by atoms with Crippen molar-refractivity contribution in [3.8, 4) is 11.5 Å². The van der Waals surface area contributed by atoms with Crippen molar-refractivity contribution in [1.82, 2.24) is 30.0 Å². The summed E-state index contributed by atoms with van der Waals surface area (Å²) in [6, 6.07) is 7.34. The van der Waals surface area contributed by atoms with Crippen LogP contribution in [0.3, 0.4) is 0 Å². The van der Waals surface area contributed by atoms with Crippen LogP contribution < -0.4 is 10.6 Å². The number of carbonyl (C=O) groups is 1. The largest absolute Gasteiger partial charge is 0.415 e. The van der Waals surface area contributed by atoms with Crippen LogP contribution in [-0.4, -0.2) is 52.1 Å². The number of anilines is 1. The molecule has 35 heavy (non-hydrogen) atoms. The molecule has 0 fully saturated rings. The minimum atomic E-state index is -1.87. The molecule has 3 aromatic rings. The van der Waals surface area contributed by atoms with Crippen LogP contribution in [0.25, 0.3) is 11.5 Å². The Kier molecular flexibility index (Phi) is 7.16. The van der Waals surface area contributed by atoms with Gasteiger partial charge in [-0.3, -0.25) is 9.78 Å². The predicted molar refractivity (Wildman–Crippen MR) is 139 cm³/mol. The fourth-order valence-corrected chi connectivity index (χ4v) is 4.76. The van der Waals surface area contributed by atoms with Crippen molar-refractivity contribution in [3.05, 3.63) is 53.6 Å². The first kappa shape index (κ1) is 25.1. The highest BCUT2D eigenvalue weighted by molar-refractivity contribution is 6.74. The van der Waals surface area contributed by atoms with Crippen LogP contribution in [0.15, 0.2) is 36.8 Å². The second-order valence-electron chi connectivity index (χ2n) is 10.6. The molecule has 3 aromatic heterocycles. The SMILES string of the molecule is C[C@H](CO[Si](C)(C)C(C)(C)C)n1cnnc1-c1cccc(NC(=O)c2cc3c(cn2)CCNC3)n1. The van der Waals surface area contributed by atoms with Gasteiger partial charge in [0.15, 0.2) is 14.1 Å². The van der Waals surface area contributed by atoms with E-state index < -0.39 is 8.32 Å². The number of hydrogen-bond donors (Lipinski definition) is 2. The summed E-state index contributed by atoms with van der Waals surface area (Å²) in [5.41, 5.74) is 3.30. The van der Waals surface area contributed by atoms with Crippen LogP contribution in [0.5, 0.6) is 0 Å². The third kappa shape index (κ3) is 5.66. The lowest BCUT2D eigenvalue weighted by atomic mass is 10.0. The monoisotopic (exact) mass is 493 g/mol. The number of amides is 1. The van der Waals surface area contributed by atoms with E-state index in [0.29, 0.717) is 29.6 Å². The van der Waals surface area contributed by atoms with Crippen molar-refractivity contribution in [2.45, 2.75) is 64.8 Å². The molecule has 1 atom stereocenters. The van der Waals surface area contributed by atoms with Crippen LogP contribution in [0.1, 0.15) is 55.4 Å². The number of carbonyl (C=O) groups excluding carboxylic acids is 1. The summed E-state index contributed by atoms with van der Waals surface area (Å²) in [4.78, 5) is 21.8. The molecule has 10 heteroatoms. The van der Waals surface area contributed by atoms with Crippen LogP contribution in [0.4, 0.5) is 5.82 Å². The van der Waals surface area contributed by atoms with Gasteiger partial charge in [-0.05, 0) is 67.3 Å². The summed E-state index contributed by atoms with van der Waals surface area (Å²) < 4.78 is 8.38. The maximum atomic E-state index is 12.9. The van der Waals surface area contributed by atoms with Crippen LogP contribution >= 0.6 is 0 Å². The second kappa shape index (κ2) is 9.96. The Bertz CT molecular complexity index is 1200. The lowest BCUT2D eigenvalue weighted by molar-refractivity contribution is 0.102. The van der Waals surface area contributed by atoms with Crippen LogP contribution in [-0.2, 0) is 17.4 Å². The number of pyridine rings is 2. The molecule has 0 unspecified atom stereocenters.